The maximum Gasteiger partial charge on any atom is 0.263 e. The molecule has 0 aliphatic carbocycles. The number of hydrogen-bond donors (Lipinski definition) is 1. The Bertz CT molecular complexity index is 358. The molecular weight excluding hydrogens is 212 g/mol. The van der Waals surface area contributed by atoms with Crippen molar-refractivity contribution in [3.8, 4) is 0 Å². The summed E-state index contributed by atoms with van der Waals surface area (Å²) in [6.45, 7) is 0.396. The van der Waals surface area contributed by atoms with Crippen LogP contribution in [0.2, 0.25) is 0 Å². The van der Waals surface area contributed by atoms with E-state index in [1.807, 2.05) is 0 Å². The lowest BCUT2D eigenvalue weighted by atomic mass is 10.1. The molecule has 0 aromatic heterocycles. The van der Waals surface area contributed by atoms with E-state index in [9.17, 15) is 8.78 Å². The minimum Gasteiger partial charge on any atom is -0.370 e. The lowest BCUT2D eigenvalue weighted by molar-refractivity contribution is 0.151. The van der Waals surface area contributed by atoms with Gasteiger partial charge in [-0.25, -0.2) is 13.8 Å². The second-order valence-electron chi connectivity index (χ2n) is 3.61. The molecule has 0 fully saturated rings. The van der Waals surface area contributed by atoms with Gasteiger partial charge in [-0.15, -0.1) is 0 Å². The molecule has 1 aromatic rings. The van der Waals surface area contributed by atoms with Crippen molar-refractivity contribution in [2.75, 3.05) is 14.1 Å². The Balaban J connectivity index is 2.66. The van der Waals surface area contributed by atoms with E-state index in [4.69, 9.17) is 5.73 Å². The number of alkyl halides is 2. The summed E-state index contributed by atoms with van der Waals surface area (Å²) in [5.41, 5.74) is 6.48. The van der Waals surface area contributed by atoms with Crippen molar-refractivity contribution in [3.05, 3.63) is 35.4 Å². The highest BCUT2D eigenvalue weighted by molar-refractivity contribution is 5.77. The molecule has 16 heavy (non-hydrogen) atoms. The van der Waals surface area contributed by atoms with E-state index < -0.39 is 6.43 Å². The van der Waals surface area contributed by atoms with Crippen LogP contribution in [-0.4, -0.2) is 25.0 Å². The number of rotatable bonds is 3. The first kappa shape index (κ1) is 12.4. The summed E-state index contributed by atoms with van der Waals surface area (Å²) < 4.78 is 24.5. The second kappa shape index (κ2) is 5.44. The van der Waals surface area contributed by atoms with Crippen LogP contribution in [0.25, 0.3) is 0 Å². The minimum absolute atomic E-state index is 0.0216. The highest BCUT2D eigenvalue weighted by Gasteiger charge is 2.05. The van der Waals surface area contributed by atoms with Crippen molar-refractivity contribution in [1.29, 1.82) is 0 Å². The molecule has 5 heteroatoms. The van der Waals surface area contributed by atoms with E-state index in [1.54, 1.807) is 31.1 Å². The lowest BCUT2D eigenvalue weighted by Gasteiger charge is -2.10. The summed E-state index contributed by atoms with van der Waals surface area (Å²) in [7, 11) is 3.58. The first-order chi connectivity index (χ1) is 7.50. The van der Waals surface area contributed by atoms with Gasteiger partial charge in [-0.2, -0.15) is 0 Å². The third-order valence-electron chi connectivity index (χ3n) is 2.11. The molecule has 0 heterocycles. The summed E-state index contributed by atoms with van der Waals surface area (Å²) in [4.78, 5) is 5.79. The molecule has 88 valence electrons. The van der Waals surface area contributed by atoms with Crippen LogP contribution in [0.5, 0.6) is 0 Å². The zero-order valence-electron chi connectivity index (χ0n) is 9.32. The number of hydrogen-bond acceptors (Lipinski definition) is 1. The van der Waals surface area contributed by atoms with Crippen LogP contribution >= 0.6 is 0 Å². The van der Waals surface area contributed by atoms with Crippen molar-refractivity contribution in [1.82, 2.24) is 4.90 Å². The summed E-state index contributed by atoms with van der Waals surface area (Å²) in [6, 6.07) is 6.07. The Labute approximate surface area is 93.6 Å². The average molecular weight is 227 g/mol. The maximum atomic E-state index is 12.3. The van der Waals surface area contributed by atoms with Gasteiger partial charge >= 0.3 is 0 Å². The molecule has 0 unspecified atom stereocenters. The van der Waals surface area contributed by atoms with Crippen LogP contribution < -0.4 is 5.73 Å². The molecule has 0 aliphatic heterocycles. The number of benzene rings is 1. The van der Waals surface area contributed by atoms with Gasteiger partial charge < -0.3 is 10.6 Å². The van der Waals surface area contributed by atoms with Crippen LogP contribution in [-0.2, 0) is 6.54 Å². The highest BCUT2D eigenvalue weighted by Crippen LogP contribution is 2.18. The molecule has 3 nitrogen and oxygen atoms in total. The summed E-state index contributed by atoms with van der Waals surface area (Å²) >= 11 is 0. The van der Waals surface area contributed by atoms with Crippen molar-refractivity contribution < 1.29 is 8.78 Å². The van der Waals surface area contributed by atoms with E-state index in [1.165, 1.54) is 12.1 Å². The fraction of sp³-hybridized carbons (Fsp3) is 0.364. The molecule has 0 radical (unpaired) electrons. The number of guanidine groups is 1. The highest BCUT2D eigenvalue weighted by atomic mass is 19.3. The van der Waals surface area contributed by atoms with Gasteiger partial charge in [0.2, 0.25) is 0 Å². The Morgan fingerprint density at radius 1 is 1.31 bits per heavy atom. The van der Waals surface area contributed by atoms with Crippen LogP contribution in [0.4, 0.5) is 8.78 Å². The summed E-state index contributed by atoms with van der Waals surface area (Å²) in [5, 5.41) is 0. The zero-order valence-corrected chi connectivity index (χ0v) is 9.32. The normalized spacial score (nSPS) is 11.9. The van der Waals surface area contributed by atoms with Crippen molar-refractivity contribution in [2.45, 2.75) is 13.0 Å². The Morgan fingerprint density at radius 3 is 2.31 bits per heavy atom. The number of nitrogens with zero attached hydrogens (tertiary/aromatic N) is 2. The Morgan fingerprint density at radius 2 is 1.88 bits per heavy atom. The molecule has 1 aromatic carbocycles. The Kier molecular flexibility index (Phi) is 4.22. The third-order valence-corrected chi connectivity index (χ3v) is 2.11. The quantitative estimate of drug-likeness (QED) is 0.634. The van der Waals surface area contributed by atoms with Gasteiger partial charge in [0, 0.05) is 19.7 Å². The predicted octanol–water partition coefficient (Wildman–Crippen LogP) is 2.00. The molecule has 0 aliphatic rings. The average Bonchev–Trinajstić information content (AvgIpc) is 2.26. The number of aliphatic imine (C=N–C) groups is 1. The van der Waals surface area contributed by atoms with Gasteiger partial charge in [0.25, 0.3) is 6.43 Å². The fourth-order valence-corrected chi connectivity index (χ4v) is 1.08. The first-order valence-electron chi connectivity index (χ1n) is 4.85. The number of nitrogens with two attached hydrogens (primary N) is 1. The lowest BCUT2D eigenvalue weighted by Crippen LogP contribution is -2.30. The van der Waals surface area contributed by atoms with Crippen LogP contribution in [0, 0.1) is 0 Å². The second-order valence-corrected chi connectivity index (χ2v) is 3.61. The maximum absolute atomic E-state index is 12.3. The molecular formula is C11H15F2N3. The topological polar surface area (TPSA) is 41.6 Å². The SMILES string of the molecule is CN(C)C(N)=NCc1ccc(C(F)F)cc1. The van der Waals surface area contributed by atoms with Gasteiger partial charge in [-0.05, 0) is 5.56 Å². The van der Waals surface area contributed by atoms with Crippen molar-refractivity contribution in [2.24, 2.45) is 10.7 Å². The van der Waals surface area contributed by atoms with E-state index in [-0.39, 0.29) is 5.56 Å². The van der Waals surface area contributed by atoms with Crippen LogP contribution in [0.1, 0.15) is 17.6 Å². The standard InChI is InChI=1S/C11H15F2N3/c1-16(2)11(14)15-7-8-3-5-9(6-4-8)10(12)13/h3-6,10H,7H2,1-2H3,(H2,14,15). The third kappa shape index (κ3) is 3.49. The van der Waals surface area contributed by atoms with Gasteiger partial charge in [0.1, 0.15) is 0 Å². The van der Waals surface area contributed by atoms with Gasteiger partial charge in [-0.3, -0.25) is 0 Å². The van der Waals surface area contributed by atoms with E-state index in [0.29, 0.717) is 12.5 Å². The predicted molar refractivity (Wildman–Crippen MR) is 60.4 cm³/mol. The summed E-state index contributed by atoms with van der Waals surface area (Å²) in [5.74, 6) is 0.415. The van der Waals surface area contributed by atoms with Crippen molar-refractivity contribution in [3.63, 3.8) is 0 Å². The first-order valence-corrected chi connectivity index (χ1v) is 4.85. The molecule has 0 saturated carbocycles. The zero-order chi connectivity index (χ0) is 12.1. The molecule has 0 bridgehead atoms. The summed E-state index contributed by atoms with van der Waals surface area (Å²) in [6.07, 6.45) is -2.43. The monoisotopic (exact) mass is 227 g/mol. The van der Waals surface area contributed by atoms with Crippen molar-refractivity contribution >= 4 is 5.96 Å². The molecule has 0 atom stereocenters. The van der Waals surface area contributed by atoms with E-state index in [0.717, 1.165) is 5.56 Å². The Hall–Kier alpha value is -1.65. The molecule has 2 N–H and O–H groups in total. The van der Waals surface area contributed by atoms with Gasteiger partial charge in [0.05, 0.1) is 6.54 Å². The van der Waals surface area contributed by atoms with E-state index in [2.05, 4.69) is 4.99 Å². The fourth-order valence-electron chi connectivity index (χ4n) is 1.08. The van der Waals surface area contributed by atoms with Crippen LogP contribution in [0.3, 0.4) is 0 Å². The molecule has 0 amide bonds. The molecule has 0 saturated heterocycles. The smallest absolute Gasteiger partial charge is 0.263 e. The van der Waals surface area contributed by atoms with Gasteiger partial charge in [0.15, 0.2) is 5.96 Å². The molecule has 0 spiro atoms. The minimum atomic E-state index is -2.43. The molecule has 1 rings (SSSR count). The number of halogens is 2. The van der Waals surface area contributed by atoms with E-state index >= 15 is 0 Å². The van der Waals surface area contributed by atoms with Gasteiger partial charge in [-0.1, -0.05) is 24.3 Å². The largest absolute Gasteiger partial charge is 0.370 e. The van der Waals surface area contributed by atoms with Crippen LogP contribution in [0.15, 0.2) is 29.3 Å².